The molecule has 1 aliphatic heterocycles. The molecule has 6 heteroatoms. The van der Waals surface area contributed by atoms with Crippen LogP contribution in [0.15, 0.2) is 28.2 Å². The Hall–Kier alpha value is -1.24. The second-order valence-corrected chi connectivity index (χ2v) is 7.58. The molecular weight excluding hydrogens is 362 g/mol. The lowest BCUT2D eigenvalue weighted by molar-refractivity contribution is -0.117. The largest absolute Gasteiger partial charge is 0.307 e. The van der Waals surface area contributed by atoms with Gasteiger partial charge in [-0.25, -0.2) is 4.98 Å². The highest BCUT2D eigenvalue weighted by Gasteiger charge is 2.34. The van der Waals surface area contributed by atoms with Crippen LogP contribution >= 0.6 is 27.3 Å². The van der Waals surface area contributed by atoms with Crippen LogP contribution < -0.4 is 10.6 Å². The fourth-order valence-corrected chi connectivity index (χ4v) is 3.85. The van der Waals surface area contributed by atoms with Crippen molar-refractivity contribution in [1.82, 2.24) is 10.3 Å². The SMILES string of the molecule is Cc1cc2c(cc1Br)C(C)(CC(=O)Nc1nccs1)NCC2. The van der Waals surface area contributed by atoms with Crippen molar-refractivity contribution in [1.29, 1.82) is 0 Å². The number of carbonyl (C=O) groups is 1. The molecule has 0 bridgehead atoms. The van der Waals surface area contributed by atoms with Crippen LogP contribution in [0.5, 0.6) is 0 Å². The predicted molar refractivity (Wildman–Crippen MR) is 93.3 cm³/mol. The van der Waals surface area contributed by atoms with Crippen molar-refractivity contribution < 1.29 is 4.79 Å². The molecule has 0 fully saturated rings. The average Bonchev–Trinajstić information content (AvgIpc) is 2.94. The molecule has 1 aliphatic rings. The molecule has 0 aliphatic carbocycles. The minimum absolute atomic E-state index is 0.0190. The first kappa shape index (κ1) is 15.6. The highest BCUT2D eigenvalue weighted by molar-refractivity contribution is 9.10. The summed E-state index contributed by atoms with van der Waals surface area (Å²) in [4.78, 5) is 16.5. The first-order chi connectivity index (χ1) is 10.5. The van der Waals surface area contributed by atoms with Crippen LogP contribution in [0.25, 0.3) is 0 Å². The maximum Gasteiger partial charge on any atom is 0.228 e. The zero-order chi connectivity index (χ0) is 15.7. The van der Waals surface area contributed by atoms with Crippen molar-refractivity contribution in [2.24, 2.45) is 0 Å². The minimum atomic E-state index is -0.356. The Balaban J connectivity index is 1.84. The Morgan fingerprint density at radius 2 is 2.36 bits per heavy atom. The number of benzene rings is 1. The van der Waals surface area contributed by atoms with Crippen LogP contribution in [0.1, 0.15) is 30.0 Å². The van der Waals surface area contributed by atoms with Crippen LogP contribution in [0.2, 0.25) is 0 Å². The van der Waals surface area contributed by atoms with Crippen LogP contribution in [-0.4, -0.2) is 17.4 Å². The molecule has 22 heavy (non-hydrogen) atoms. The number of rotatable bonds is 3. The van der Waals surface area contributed by atoms with Crippen molar-refractivity contribution in [3.63, 3.8) is 0 Å². The van der Waals surface area contributed by atoms with Crippen molar-refractivity contribution in [3.8, 4) is 0 Å². The molecule has 4 nitrogen and oxygen atoms in total. The number of fused-ring (bicyclic) bond motifs is 1. The van der Waals surface area contributed by atoms with Gasteiger partial charge >= 0.3 is 0 Å². The molecule has 2 N–H and O–H groups in total. The maximum atomic E-state index is 12.3. The highest BCUT2D eigenvalue weighted by Crippen LogP contribution is 2.35. The van der Waals surface area contributed by atoms with E-state index in [4.69, 9.17) is 0 Å². The fraction of sp³-hybridized carbons (Fsp3) is 0.375. The van der Waals surface area contributed by atoms with E-state index in [1.807, 2.05) is 5.38 Å². The Morgan fingerprint density at radius 1 is 1.55 bits per heavy atom. The molecular formula is C16H18BrN3OS. The molecule has 1 aromatic carbocycles. The summed E-state index contributed by atoms with van der Waals surface area (Å²) in [5.74, 6) is -0.0190. The normalized spacial score (nSPS) is 20.5. The third kappa shape index (κ3) is 3.09. The van der Waals surface area contributed by atoms with E-state index >= 15 is 0 Å². The second kappa shape index (κ2) is 6.10. The lowest BCUT2D eigenvalue weighted by atomic mass is 9.80. The number of hydrogen-bond acceptors (Lipinski definition) is 4. The lowest BCUT2D eigenvalue weighted by Gasteiger charge is -2.37. The molecule has 2 heterocycles. The van der Waals surface area contributed by atoms with E-state index in [-0.39, 0.29) is 11.4 Å². The number of anilines is 1. The smallest absolute Gasteiger partial charge is 0.228 e. The van der Waals surface area contributed by atoms with Gasteiger partial charge in [0.05, 0.1) is 0 Å². The molecule has 0 saturated heterocycles. The third-order valence-corrected chi connectivity index (χ3v) is 5.62. The number of amides is 1. The molecule has 1 amide bonds. The predicted octanol–water partition coefficient (Wildman–Crippen LogP) is 3.60. The summed E-state index contributed by atoms with van der Waals surface area (Å²) in [7, 11) is 0. The quantitative estimate of drug-likeness (QED) is 0.856. The molecule has 3 rings (SSSR count). The first-order valence-electron chi connectivity index (χ1n) is 7.22. The van der Waals surface area contributed by atoms with Gasteiger partial charge in [0.2, 0.25) is 5.91 Å². The summed E-state index contributed by atoms with van der Waals surface area (Å²) in [5, 5.41) is 8.88. The van der Waals surface area contributed by atoms with E-state index in [1.54, 1.807) is 6.20 Å². The number of nitrogens with one attached hydrogen (secondary N) is 2. The van der Waals surface area contributed by atoms with E-state index < -0.39 is 0 Å². The van der Waals surface area contributed by atoms with Crippen LogP contribution in [0.3, 0.4) is 0 Å². The molecule has 1 unspecified atom stereocenters. The Bertz CT molecular complexity index is 702. The molecule has 116 valence electrons. The van der Waals surface area contributed by atoms with E-state index in [2.05, 4.69) is 57.5 Å². The van der Waals surface area contributed by atoms with Gasteiger partial charge in [0.1, 0.15) is 0 Å². The number of aryl methyl sites for hydroxylation is 1. The first-order valence-corrected chi connectivity index (χ1v) is 8.89. The van der Waals surface area contributed by atoms with E-state index in [0.29, 0.717) is 11.6 Å². The molecule has 1 atom stereocenters. The van der Waals surface area contributed by atoms with Gasteiger partial charge in [-0.1, -0.05) is 22.0 Å². The summed E-state index contributed by atoms with van der Waals surface area (Å²) in [6, 6.07) is 4.37. The highest BCUT2D eigenvalue weighted by atomic mass is 79.9. The standard InChI is InChI=1S/C16H18BrN3OS/c1-10-7-11-3-4-19-16(2,12(11)8-13(10)17)9-14(21)20-15-18-5-6-22-15/h5-8,19H,3-4,9H2,1-2H3,(H,18,20,21). The fourth-order valence-electron chi connectivity index (χ4n) is 2.96. The molecule has 1 aromatic heterocycles. The number of carbonyl (C=O) groups excluding carboxylic acids is 1. The Labute approximate surface area is 142 Å². The number of halogens is 1. The van der Waals surface area contributed by atoms with Gasteiger partial charge in [0.25, 0.3) is 0 Å². The van der Waals surface area contributed by atoms with Gasteiger partial charge in [-0.05, 0) is 43.0 Å². The summed E-state index contributed by atoms with van der Waals surface area (Å²) >= 11 is 5.04. The van der Waals surface area contributed by atoms with Crippen LogP contribution in [0, 0.1) is 6.92 Å². The Morgan fingerprint density at radius 3 is 3.09 bits per heavy atom. The minimum Gasteiger partial charge on any atom is -0.307 e. The third-order valence-electron chi connectivity index (χ3n) is 4.08. The van der Waals surface area contributed by atoms with Crippen LogP contribution in [-0.2, 0) is 16.8 Å². The molecule has 0 radical (unpaired) electrons. The van der Waals surface area contributed by atoms with Gasteiger partial charge in [-0.3, -0.25) is 4.79 Å². The average molecular weight is 380 g/mol. The number of thiazole rings is 1. The van der Waals surface area contributed by atoms with Crippen molar-refractivity contribution in [3.05, 3.63) is 44.9 Å². The van der Waals surface area contributed by atoms with E-state index in [9.17, 15) is 4.79 Å². The summed E-state index contributed by atoms with van der Waals surface area (Å²) in [6.07, 6.45) is 3.07. The Kier molecular flexibility index (Phi) is 4.34. The van der Waals surface area contributed by atoms with Crippen molar-refractivity contribution in [2.45, 2.75) is 32.2 Å². The summed E-state index contributed by atoms with van der Waals surface area (Å²) in [6.45, 7) is 5.07. The topological polar surface area (TPSA) is 54.0 Å². The van der Waals surface area contributed by atoms with E-state index in [0.717, 1.165) is 17.4 Å². The zero-order valence-corrected chi connectivity index (χ0v) is 15.0. The molecule has 0 saturated carbocycles. The van der Waals surface area contributed by atoms with Gasteiger partial charge in [-0.2, -0.15) is 0 Å². The van der Waals surface area contributed by atoms with E-state index in [1.165, 1.54) is 28.0 Å². The van der Waals surface area contributed by atoms with Crippen molar-refractivity contribution >= 4 is 38.3 Å². The monoisotopic (exact) mass is 379 g/mol. The summed E-state index contributed by atoms with van der Waals surface area (Å²) < 4.78 is 1.08. The van der Waals surface area contributed by atoms with Gasteiger partial charge in [-0.15, -0.1) is 11.3 Å². The molecule has 0 spiro atoms. The molecule has 2 aromatic rings. The van der Waals surface area contributed by atoms with Gasteiger partial charge in [0.15, 0.2) is 5.13 Å². The lowest BCUT2D eigenvalue weighted by Crippen LogP contribution is -2.47. The van der Waals surface area contributed by atoms with Crippen molar-refractivity contribution in [2.75, 3.05) is 11.9 Å². The van der Waals surface area contributed by atoms with Gasteiger partial charge in [0, 0.05) is 34.6 Å². The number of nitrogens with zero attached hydrogens (tertiary/aromatic N) is 1. The van der Waals surface area contributed by atoms with Gasteiger partial charge < -0.3 is 10.6 Å². The second-order valence-electron chi connectivity index (χ2n) is 5.83. The number of hydrogen-bond donors (Lipinski definition) is 2. The summed E-state index contributed by atoms with van der Waals surface area (Å²) in [5.41, 5.74) is 3.40. The van der Waals surface area contributed by atoms with Crippen LogP contribution in [0.4, 0.5) is 5.13 Å². The zero-order valence-electron chi connectivity index (χ0n) is 12.6. The maximum absolute atomic E-state index is 12.3. The number of aromatic nitrogens is 1.